The van der Waals surface area contributed by atoms with E-state index in [2.05, 4.69) is 4.90 Å². The van der Waals surface area contributed by atoms with Crippen LogP contribution in [0.5, 0.6) is 11.5 Å². The fraction of sp³-hybridized carbons (Fsp3) is 0.571. The minimum atomic E-state index is -0.126. The van der Waals surface area contributed by atoms with Crippen LogP contribution < -0.4 is 9.64 Å². The molecule has 0 aromatic heterocycles. The van der Waals surface area contributed by atoms with Gasteiger partial charge in [0.2, 0.25) is 0 Å². The minimum Gasteiger partial charge on any atom is -0.504 e. The lowest BCUT2D eigenvalue weighted by molar-refractivity contribution is -0.106. The van der Waals surface area contributed by atoms with E-state index in [0.717, 1.165) is 42.6 Å². The summed E-state index contributed by atoms with van der Waals surface area (Å²) in [5.74, 6) is 0.730. The molecule has 3 rings (SSSR count). The van der Waals surface area contributed by atoms with Gasteiger partial charge in [-0.05, 0) is 30.9 Å². The topological polar surface area (TPSA) is 56.2 Å². The van der Waals surface area contributed by atoms with E-state index in [4.69, 9.17) is 4.74 Å². The number of hydrogen-bond acceptors (Lipinski definition) is 5. The maximum absolute atomic E-state index is 10.2. The highest BCUT2D eigenvalue weighted by molar-refractivity contribution is 5.71. The summed E-state index contributed by atoms with van der Waals surface area (Å²) in [6.07, 6.45) is 2.61. The number of hydroxylamine groups is 2. The number of fused-ring (bicyclic) bond motifs is 3. The molecule has 0 aliphatic carbocycles. The minimum absolute atomic E-state index is 0.126. The molecule has 104 valence electrons. The van der Waals surface area contributed by atoms with Gasteiger partial charge in [0.15, 0.2) is 11.5 Å². The van der Waals surface area contributed by atoms with Crippen molar-refractivity contribution < 1.29 is 15.1 Å². The van der Waals surface area contributed by atoms with Gasteiger partial charge >= 0.3 is 0 Å². The number of ether oxygens (including phenoxy) is 1. The first-order valence-corrected chi connectivity index (χ1v) is 6.74. The van der Waals surface area contributed by atoms with Crippen LogP contribution in [0.3, 0.4) is 0 Å². The van der Waals surface area contributed by atoms with E-state index in [1.807, 2.05) is 7.05 Å². The molecule has 5 nitrogen and oxygen atoms in total. The molecule has 2 aliphatic heterocycles. The SMILES string of the molecule is CN1CCc2cc(O)c3c(c21)C(N(C)O)CCCO3. The molecule has 1 unspecified atom stereocenters. The third kappa shape index (κ3) is 1.93. The molecule has 5 heteroatoms. The molecular weight excluding hydrogens is 244 g/mol. The summed E-state index contributed by atoms with van der Waals surface area (Å²) in [7, 11) is 3.70. The summed E-state index contributed by atoms with van der Waals surface area (Å²) < 4.78 is 5.72. The molecule has 0 amide bonds. The Hall–Kier alpha value is -1.46. The zero-order valence-corrected chi connectivity index (χ0v) is 11.4. The number of phenols is 1. The van der Waals surface area contributed by atoms with Gasteiger partial charge in [-0.2, -0.15) is 5.06 Å². The molecule has 2 heterocycles. The Morgan fingerprint density at radius 2 is 2.26 bits per heavy atom. The van der Waals surface area contributed by atoms with Crippen molar-refractivity contribution in [2.24, 2.45) is 0 Å². The van der Waals surface area contributed by atoms with Crippen LogP contribution in [0.25, 0.3) is 0 Å². The Balaban J connectivity index is 2.23. The first-order chi connectivity index (χ1) is 9.09. The first-order valence-electron chi connectivity index (χ1n) is 6.74. The molecular formula is C14H20N2O3. The molecule has 1 aromatic carbocycles. The van der Waals surface area contributed by atoms with Gasteiger partial charge in [-0.15, -0.1) is 0 Å². The van der Waals surface area contributed by atoms with Crippen LogP contribution >= 0.6 is 0 Å². The second-order valence-corrected chi connectivity index (χ2v) is 5.40. The van der Waals surface area contributed by atoms with E-state index in [-0.39, 0.29) is 11.8 Å². The van der Waals surface area contributed by atoms with Gasteiger partial charge in [0.1, 0.15) is 0 Å². The van der Waals surface area contributed by atoms with Crippen molar-refractivity contribution in [3.05, 3.63) is 17.2 Å². The van der Waals surface area contributed by atoms with Crippen molar-refractivity contribution in [3.8, 4) is 11.5 Å². The van der Waals surface area contributed by atoms with Crippen LogP contribution in [0, 0.1) is 0 Å². The molecule has 19 heavy (non-hydrogen) atoms. The van der Waals surface area contributed by atoms with Crippen LogP contribution in [0.15, 0.2) is 6.07 Å². The number of nitrogens with zero attached hydrogens (tertiary/aromatic N) is 2. The third-order valence-corrected chi connectivity index (χ3v) is 4.10. The Morgan fingerprint density at radius 1 is 1.47 bits per heavy atom. The number of aromatic hydroxyl groups is 1. The number of likely N-dealkylation sites (N-methyl/N-ethyl adjacent to an activating group) is 1. The zero-order chi connectivity index (χ0) is 13.6. The highest BCUT2D eigenvalue weighted by atomic mass is 16.5. The van der Waals surface area contributed by atoms with Gasteiger partial charge in [0.25, 0.3) is 0 Å². The molecule has 0 saturated heterocycles. The average Bonchev–Trinajstić information content (AvgIpc) is 2.62. The third-order valence-electron chi connectivity index (χ3n) is 4.10. The first kappa shape index (κ1) is 12.6. The number of phenolic OH excluding ortho intramolecular Hbond substituents is 1. The van der Waals surface area contributed by atoms with Crippen LogP contribution in [0.2, 0.25) is 0 Å². The smallest absolute Gasteiger partial charge is 0.167 e. The van der Waals surface area contributed by atoms with Crippen molar-refractivity contribution in [2.75, 3.05) is 32.1 Å². The van der Waals surface area contributed by atoms with Crippen molar-refractivity contribution in [1.82, 2.24) is 5.06 Å². The fourth-order valence-corrected chi connectivity index (χ4v) is 3.19. The maximum atomic E-state index is 10.2. The highest BCUT2D eigenvalue weighted by Gasteiger charge is 2.33. The van der Waals surface area contributed by atoms with E-state index >= 15 is 0 Å². The average molecular weight is 264 g/mol. The lowest BCUT2D eigenvalue weighted by Gasteiger charge is -2.27. The van der Waals surface area contributed by atoms with Gasteiger partial charge in [-0.25, -0.2) is 0 Å². The van der Waals surface area contributed by atoms with E-state index in [1.54, 1.807) is 13.1 Å². The number of benzene rings is 1. The number of hydrogen-bond donors (Lipinski definition) is 2. The normalized spacial score (nSPS) is 21.9. The summed E-state index contributed by atoms with van der Waals surface area (Å²) in [5.41, 5.74) is 3.18. The lowest BCUT2D eigenvalue weighted by Crippen LogP contribution is -2.23. The van der Waals surface area contributed by atoms with Crippen LogP contribution in [-0.4, -0.2) is 42.6 Å². The van der Waals surface area contributed by atoms with Crippen molar-refractivity contribution in [3.63, 3.8) is 0 Å². The molecule has 1 atom stereocenters. The largest absolute Gasteiger partial charge is 0.504 e. The maximum Gasteiger partial charge on any atom is 0.167 e. The molecule has 0 bridgehead atoms. The highest BCUT2D eigenvalue weighted by Crippen LogP contribution is 2.49. The Morgan fingerprint density at radius 3 is 3.00 bits per heavy atom. The molecule has 0 radical (unpaired) electrons. The number of anilines is 1. The molecule has 1 aromatic rings. The van der Waals surface area contributed by atoms with Crippen molar-refractivity contribution >= 4 is 5.69 Å². The van der Waals surface area contributed by atoms with E-state index in [9.17, 15) is 10.3 Å². The summed E-state index contributed by atoms with van der Waals surface area (Å²) in [6.45, 7) is 1.51. The van der Waals surface area contributed by atoms with E-state index in [1.165, 1.54) is 5.06 Å². The van der Waals surface area contributed by atoms with Gasteiger partial charge < -0.3 is 20.0 Å². The van der Waals surface area contributed by atoms with Gasteiger partial charge in [0, 0.05) is 31.9 Å². The Kier molecular flexibility index (Phi) is 3.03. The Labute approximate surface area is 113 Å². The van der Waals surface area contributed by atoms with Crippen molar-refractivity contribution in [1.29, 1.82) is 0 Å². The second-order valence-electron chi connectivity index (χ2n) is 5.40. The van der Waals surface area contributed by atoms with Crippen LogP contribution in [0.1, 0.15) is 30.0 Å². The van der Waals surface area contributed by atoms with Crippen LogP contribution in [-0.2, 0) is 6.42 Å². The quantitative estimate of drug-likeness (QED) is 0.759. The Bertz CT molecular complexity index is 502. The molecule has 2 aliphatic rings. The van der Waals surface area contributed by atoms with Crippen LogP contribution in [0.4, 0.5) is 5.69 Å². The zero-order valence-electron chi connectivity index (χ0n) is 11.4. The summed E-state index contributed by atoms with van der Waals surface area (Å²) >= 11 is 0. The molecule has 0 fully saturated rings. The predicted octanol–water partition coefficient (Wildman–Crippen LogP) is 1.92. The summed E-state index contributed by atoms with van der Waals surface area (Å²) in [4.78, 5) is 2.18. The predicted molar refractivity (Wildman–Crippen MR) is 72.1 cm³/mol. The van der Waals surface area contributed by atoms with Gasteiger partial charge in [-0.3, -0.25) is 0 Å². The van der Waals surface area contributed by atoms with Gasteiger partial charge in [0.05, 0.1) is 12.6 Å². The van der Waals surface area contributed by atoms with Crippen molar-refractivity contribution in [2.45, 2.75) is 25.3 Å². The standard InChI is InChI=1S/C14H20N2O3/c1-15-6-5-9-8-11(17)14-12(13(9)15)10(16(2)18)4-3-7-19-14/h8,10,17-18H,3-7H2,1-2H3. The number of rotatable bonds is 1. The van der Waals surface area contributed by atoms with E-state index in [0.29, 0.717) is 12.4 Å². The summed E-state index contributed by atoms with van der Waals surface area (Å²) in [5, 5.41) is 21.4. The van der Waals surface area contributed by atoms with Gasteiger partial charge in [-0.1, -0.05) is 0 Å². The lowest BCUT2D eigenvalue weighted by atomic mass is 9.96. The second kappa shape index (κ2) is 4.58. The summed E-state index contributed by atoms with van der Waals surface area (Å²) in [6, 6.07) is 1.68. The molecule has 0 spiro atoms. The molecule has 0 saturated carbocycles. The van der Waals surface area contributed by atoms with E-state index < -0.39 is 0 Å². The monoisotopic (exact) mass is 264 g/mol. The fourth-order valence-electron chi connectivity index (χ4n) is 3.19. The molecule has 2 N–H and O–H groups in total.